The van der Waals surface area contributed by atoms with Gasteiger partial charge in [-0.2, -0.15) is 0 Å². The van der Waals surface area contributed by atoms with Gasteiger partial charge in [0.25, 0.3) is 0 Å². The van der Waals surface area contributed by atoms with Gasteiger partial charge in [-0.25, -0.2) is 9.89 Å². The number of aromatic amines is 1. The standard InChI is InChI=1S/C12H12ClN5OS/c13-8-5-6(10(14)15)1-4-9(8)20-12-17-16-11(19)18(12)7-2-3-7/h1,4-5,7H,2-3H2,(H3,14,15)(H,16,19). The molecule has 8 heteroatoms. The molecule has 2 aromatic rings. The van der Waals surface area contributed by atoms with Gasteiger partial charge in [0.1, 0.15) is 5.84 Å². The summed E-state index contributed by atoms with van der Waals surface area (Å²) in [7, 11) is 0. The first-order valence-electron chi connectivity index (χ1n) is 6.05. The lowest BCUT2D eigenvalue weighted by molar-refractivity contribution is 0.642. The van der Waals surface area contributed by atoms with Crippen LogP contribution >= 0.6 is 23.4 Å². The van der Waals surface area contributed by atoms with Gasteiger partial charge in [-0.1, -0.05) is 17.7 Å². The number of benzene rings is 1. The van der Waals surface area contributed by atoms with Crippen LogP contribution in [0.5, 0.6) is 0 Å². The molecule has 0 unspecified atom stereocenters. The van der Waals surface area contributed by atoms with Crippen LogP contribution in [-0.2, 0) is 0 Å². The molecule has 1 aromatic carbocycles. The van der Waals surface area contributed by atoms with E-state index in [1.54, 1.807) is 22.8 Å². The fraction of sp³-hybridized carbons (Fsp3) is 0.250. The van der Waals surface area contributed by atoms with Crippen LogP contribution < -0.4 is 11.4 Å². The number of hydrogen-bond donors (Lipinski definition) is 3. The van der Waals surface area contributed by atoms with E-state index in [1.165, 1.54) is 11.8 Å². The van der Waals surface area contributed by atoms with E-state index in [1.807, 2.05) is 0 Å². The van der Waals surface area contributed by atoms with E-state index in [-0.39, 0.29) is 17.6 Å². The van der Waals surface area contributed by atoms with Gasteiger partial charge in [0.05, 0.1) is 5.02 Å². The molecule has 1 aliphatic rings. The lowest BCUT2D eigenvalue weighted by Crippen LogP contribution is -2.16. The first-order valence-corrected chi connectivity index (χ1v) is 7.24. The lowest BCUT2D eigenvalue weighted by atomic mass is 10.2. The largest absolute Gasteiger partial charge is 0.384 e. The first kappa shape index (κ1) is 13.3. The second-order valence-electron chi connectivity index (χ2n) is 4.57. The Morgan fingerprint density at radius 1 is 1.55 bits per heavy atom. The average Bonchev–Trinajstić information content (AvgIpc) is 3.17. The van der Waals surface area contributed by atoms with Crippen molar-refractivity contribution < 1.29 is 0 Å². The molecule has 0 radical (unpaired) electrons. The zero-order valence-corrected chi connectivity index (χ0v) is 12.0. The number of amidine groups is 1. The van der Waals surface area contributed by atoms with Crippen LogP contribution in [0.2, 0.25) is 5.02 Å². The van der Waals surface area contributed by atoms with Gasteiger partial charge in [-0.05, 0) is 36.7 Å². The molecule has 3 rings (SSSR count). The minimum absolute atomic E-state index is 0.0295. The van der Waals surface area contributed by atoms with Crippen LogP contribution in [0.3, 0.4) is 0 Å². The highest BCUT2D eigenvalue weighted by molar-refractivity contribution is 7.99. The summed E-state index contributed by atoms with van der Waals surface area (Å²) < 4.78 is 1.67. The number of nitrogens with zero attached hydrogens (tertiary/aromatic N) is 2. The molecule has 1 aliphatic carbocycles. The third-order valence-corrected chi connectivity index (χ3v) is 4.50. The summed E-state index contributed by atoms with van der Waals surface area (Å²) in [6.07, 6.45) is 2.01. The molecule has 0 saturated heterocycles. The van der Waals surface area contributed by atoms with Crippen molar-refractivity contribution in [2.45, 2.75) is 28.9 Å². The summed E-state index contributed by atoms with van der Waals surface area (Å²) in [6.45, 7) is 0. The van der Waals surface area contributed by atoms with E-state index in [0.717, 1.165) is 17.7 Å². The Labute approximate surface area is 123 Å². The second kappa shape index (κ2) is 4.99. The molecule has 0 aliphatic heterocycles. The van der Waals surface area contributed by atoms with Crippen molar-refractivity contribution >= 4 is 29.2 Å². The van der Waals surface area contributed by atoms with Gasteiger partial charge >= 0.3 is 5.69 Å². The van der Waals surface area contributed by atoms with Gasteiger partial charge in [-0.3, -0.25) is 9.98 Å². The molecule has 20 heavy (non-hydrogen) atoms. The predicted molar refractivity (Wildman–Crippen MR) is 77.7 cm³/mol. The molecule has 1 saturated carbocycles. The fourth-order valence-corrected chi connectivity index (χ4v) is 3.07. The van der Waals surface area contributed by atoms with E-state index in [9.17, 15) is 4.79 Å². The van der Waals surface area contributed by atoms with Gasteiger partial charge in [0.15, 0.2) is 5.16 Å². The van der Waals surface area contributed by atoms with E-state index in [0.29, 0.717) is 15.7 Å². The highest BCUT2D eigenvalue weighted by Crippen LogP contribution is 2.39. The summed E-state index contributed by atoms with van der Waals surface area (Å²) in [5.41, 5.74) is 5.80. The SMILES string of the molecule is N=C(N)c1ccc(Sc2n[nH]c(=O)n2C2CC2)c(Cl)c1. The molecule has 0 amide bonds. The van der Waals surface area contributed by atoms with Gasteiger partial charge < -0.3 is 5.73 Å². The van der Waals surface area contributed by atoms with Crippen molar-refractivity contribution in [2.24, 2.45) is 5.73 Å². The van der Waals surface area contributed by atoms with E-state index < -0.39 is 0 Å². The lowest BCUT2D eigenvalue weighted by Gasteiger charge is -2.06. The molecule has 1 heterocycles. The molecule has 0 spiro atoms. The van der Waals surface area contributed by atoms with E-state index in [4.69, 9.17) is 22.7 Å². The molecular formula is C12H12ClN5OS. The topological polar surface area (TPSA) is 101 Å². The van der Waals surface area contributed by atoms with E-state index >= 15 is 0 Å². The predicted octanol–water partition coefficient (Wildman–Crippen LogP) is 1.99. The molecule has 1 fully saturated rings. The molecule has 0 bridgehead atoms. The van der Waals surface area contributed by atoms with Crippen molar-refractivity contribution in [3.63, 3.8) is 0 Å². The fourth-order valence-electron chi connectivity index (χ4n) is 1.87. The first-order chi connectivity index (χ1) is 9.56. The summed E-state index contributed by atoms with van der Waals surface area (Å²) in [6, 6.07) is 5.39. The minimum Gasteiger partial charge on any atom is -0.384 e. The van der Waals surface area contributed by atoms with Gasteiger partial charge in [0, 0.05) is 16.5 Å². The summed E-state index contributed by atoms with van der Waals surface area (Å²) in [5.74, 6) is -0.0295. The number of nitrogens with one attached hydrogen (secondary N) is 2. The Morgan fingerprint density at radius 2 is 2.30 bits per heavy atom. The van der Waals surface area contributed by atoms with Crippen molar-refractivity contribution in [3.8, 4) is 0 Å². The quantitative estimate of drug-likeness (QED) is 0.594. The van der Waals surface area contributed by atoms with Crippen LogP contribution in [0.1, 0.15) is 24.4 Å². The smallest absolute Gasteiger partial charge is 0.344 e. The van der Waals surface area contributed by atoms with Crippen LogP contribution in [0.15, 0.2) is 33.0 Å². The molecule has 6 nitrogen and oxygen atoms in total. The number of H-pyrrole nitrogens is 1. The Balaban J connectivity index is 1.92. The van der Waals surface area contributed by atoms with Crippen LogP contribution in [0, 0.1) is 5.41 Å². The Bertz CT molecular complexity index is 734. The van der Waals surface area contributed by atoms with E-state index in [2.05, 4.69) is 10.2 Å². The normalized spacial score (nSPS) is 14.4. The van der Waals surface area contributed by atoms with Crippen molar-refractivity contribution in [3.05, 3.63) is 39.3 Å². The zero-order chi connectivity index (χ0) is 14.3. The van der Waals surface area contributed by atoms with Gasteiger partial charge in [0.2, 0.25) is 0 Å². The Morgan fingerprint density at radius 3 is 2.90 bits per heavy atom. The highest BCUT2D eigenvalue weighted by atomic mass is 35.5. The zero-order valence-electron chi connectivity index (χ0n) is 10.4. The van der Waals surface area contributed by atoms with Crippen LogP contribution in [0.25, 0.3) is 0 Å². The van der Waals surface area contributed by atoms with Crippen molar-refractivity contribution in [1.82, 2.24) is 14.8 Å². The third-order valence-electron chi connectivity index (χ3n) is 3.03. The molecule has 4 N–H and O–H groups in total. The maximum atomic E-state index is 11.7. The number of rotatable bonds is 4. The summed E-state index contributed by atoms with van der Waals surface area (Å²) in [5, 5.41) is 15.0. The van der Waals surface area contributed by atoms with Crippen LogP contribution in [0.4, 0.5) is 0 Å². The van der Waals surface area contributed by atoms with Gasteiger partial charge in [-0.15, -0.1) is 5.10 Å². The van der Waals surface area contributed by atoms with Crippen molar-refractivity contribution in [1.29, 1.82) is 5.41 Å². The highest BCUT2D eigenvalue weighted by Gasteiger charge is 2.28. The maximum absolute atomic E-state index is 11.7. The summed E-state index contributed by atoms with van der Waals surface area (Å²) >= 11 is 7.51. The van der Waals surface area contributed by atoms with Crippen LogP contribution in [-0.4, -0.2) is 20.6 Å². The molecule has 1 aromatic heterocycles. The monoisotopic (exact) mass is 309 g/mol. The number of halogens is 1. The average molecular weight is 310 g/mol. The number of nitrogen functional groups attached to an aromatic ring is 1. The number of hydrogen-bond acceptors (Lipinski definition) is 4. The third kappa shape index (κ3) is 2.46. The Kier molecular flexibility index (Phi) is 3.31. The molecule has 104 valence electrons. The summed E-state index contributed by atoms with van der Waals surface area (Å²) in [4.78, 5) is 12.5. The molecule has 0 atom stereocenters. The molecular weight excluding hydrogens is 298 g/mol. The number of aromatic nitrogens is 3. The Hall–Kier alpha value is -1.73. The number of nitrogens with two attached hydrogens (primary N) is 1. The van der Waals surface area contributed by atoms with Crippen molar-refractivity contribution in [2.75, 3.05) is 0 Å². The second-order valence-corrected chi connectivity index (χ2v) is 5.99. The maximum Gasteiger partial charge on any atom is 0.344 e. The minimum atomic E-state index is -0.188.